The van der Waals surface area contributed by atoms with Crippen LogP contribution in [0.1, 0.15) is 11.1 Å². The summed E-state index contributed by atoms with van der Waals surface area (Å²) in [5.41, 5.74) is 8.60. The topological polar surface area (TPSA) is 58.4 Å². The zero-order valence-electron chi connectivity index (χ0n) is 13.0. The van der Waals surface area contributed by atoms with E-state index in [1.807, 2.05) is 42.5 Å². The molecule has 0 saturated heterocycles. The number of carbonyl (C=O) groups excluding carboxylic acids is 1. The quantitative estimate of drug-likeness (QED) is 0.769. The first kappa shape index (κ1) is 16.0. The predicted octanol–water partition coefficient (Wildman–Crippen LogP) is 2.06. The molecular formula is C18H23N3O. The van der Waals surface area contributed by atoms with E-state index >= 15 is 0 Å². The van der Waals surface area contributed by atoms with Crippen LogP contribution in [0.2, 0.25) is 0 Å². The van der Waals surface area contributed by atoms with E-state index in [4.69, 9.17) is 5.73 Å². The monoisotopic (exact) mass is 297 g/mol. The van der Waals surface area contributed by atoms with E-state index < -0.39 is 0 Å². The lowest BCUT2D eigenvalue weighted by Gasteiger charge is -2.17. The van der Waals surface area contributed by atoms with Gasteiger partial charge in [-0.1, -0.05) is 42.5 Å². The molecule has 0 atom stereocenters. The lowest BCUT2D eigenvalue weighted by molar-refractivity contribution is -0.120. The summed E-state index contributed by atoms with van der Waals surface area (Å²) in [6.45, 7) is 2.36. The van der Waals surface area contributed by atoms with E-state index in [1.165, 1.54) is 5.56 Å². The summed E-state index contributed by atoms with van der Waals surface area (Å²) in [6, 6.07) is 17.7. The maximum absolute atomic E-state index is 11.9. The Morgan fingerprint density at radius 3 is 2.41 bits per heavy atom. The zero-order valence-corrected chi connectivity index (χ0v) is 13.0. The molecule has 0 radical (unpaired) electrons. The summed E-state index contributed by atoms with van der Waals surface area (Å²) in [5, 5.41) is 2.95. The van der Waals surface area contributed by atoms with Crippen molar-refractivity contribution < 1.29 is 4.79 Å². The Kier molecular flexibility index (Phi) is 5.98. The summed E-state index contributed by atoms with van der Waals surface area (Å²) < 4.78 is 0. The minimum atomic E-state index is 0.0397. The fourth-order valence-corrected chi connectivity index (χ4v) is 2.24. The number of benzene rings is 2. The molecule has 4 heteroatoms. The standard InChI is InChI=1S/C18H23N3O/c1-21(14-16-5-3-2-4-6-16)12-11-20-18(22)13-15-7-9-17(19)10-8-15/h2-10H,11-14,19H2,1H3,(H,20,22). The first-order valence-electron chi connectivity index (χ1n) is 7.47. The number of carbonyl (C=O) groups is 1. The fourth-order valence-electron chi connectivity index (χ4n) is 2.24. The SMILES string of the molecule is CN(CCNC(=O)Cc1ccc(N)cc1)Cc1ccccc1. The van der Waals surface area contributed by atoms with Gasteiger partial charge in [0, 0.05) is 25.3 Å². The molecule has 2 aromatic rings. The average molecular weight is 297 g/mol. The third kappa shape index (κ3) is 5.58. The van der Waals surface area contributed by atoms with Gasteiger partial charge in [0.2, 0.25) is 5.91 Å². The zero-order chi connectivity index (χ0) is 15.8. The van der Waals surface area contributed by atoms with Gasteiger partial charge in [-0.05, 0) is 30.3 Å². The number of nitrogens with one attached hydrogen (secondary N) is 1. The van der Waals surface area contributed by atoms with E-state index in [0.29, 0.717) is 18.7 Å². The molecule has 22 heavy (non-hydrogen) atoms. The molecule has 4 nitrogen and oxygen atoms in total. The lowest BCUT2D eigenvalue weighted by Crippen LogP contribution is -2.33. The van der Waals surface area contributed by atoms with E-state index in [1.54, 1.807) is 0 Å². The van der Waals surface area contributed by atoms with Crippen LogP contribution in [0.25, 0.3) is 0 Å². The van der Waals surface area contributed by atoms with Gasteiger partial charge in [-0.2, -0.15) is 0 Å². The number of likely N-dealkylation sites (N-methyl/N-ethyl adjacent to an activating group) is 1. The van der Waals surface area contributed by atoms with Gasteiger partial charge in [-0.3, -0.25) is 4.79 Å². The first-order chi connectivity index (χ1) is 10.6. The molecule has 0 fully saturated rings. The van der Waals surface area contributed by atoms with E-state index in [9.17, 15) is 4.79 Å². The van der Waals surface area contributed by atoms with Gasteiger partial charge in [0.1, 0.15) is 0 Å². The predicted molar refractivity (Wildman–Crippen MR) is 90.3 cm³/mol. The smallest absolute Gasteiger partial charge is 0.224 e. The number of nitrogens with zero attached hydrogens (tertiary/aromatic N) is 1. The van der Waals surface area contributed by atoms with Crippen LogP contribution in [0.4, 0.5) is 5.69 Å². The summed E-state index contributed by atoms with van der Waals surface area (Å²) in [4.78, 5) is 14.1. The van der Waals surface area contributed by atoms with Gasteiger partial charge < -0.3 is 16.0 Å². The van der Waals surface area contributed by atoms with Crippen molar-refractivity contribution in [3.05, 3.63) is 65.7 Å². The highest BCUT2D eigenvalue weighted by atomic mass is 16.1. The molecule has 0 aliphatic rings. The van der Waals surface area contributed by atoms with Crippen molar-refractivity contribution in [2.24, 2.45) is 0 Å². The Hall–Kier alpha value is -2.33. The molecule has 0 saturated carbocycles. The molecule has 0 unspecified atom stereocenters. The number of hydrogen-bond acceptors (Lipinski definition) is 3. The van der Waals surface area contributed by atoms with Crippen LogP contribution >= 0.6 is 0 Å². The summed E-state index contributed by atoms with van der Waals surface area (Å²) in [7, 11) is 2.05. The number of nitrogens with two attached hydrogens (primary N) is 1. The molecule has 0 heterocycles. The number of amides is 1. The van der Waals surface area contributed by atoms with Crippen LogP contribution in [0.15, 0.2) is 54.6 Å². The Balaban J connectivity index is 1.67. The molecule has 0 aliphatic heterocycles. The van der Waals surface area contributed by atoms with Crippen molar-refractivity contribution in [3.63, 3.8) is 0 Å². The van der Waals surface area contributed by atoms with Gasteiger partial charge in [0.05, 0.1) is 6.42 Å². The molecule has 0 spiro atoms. The van der Waals surface area contributed by atoms with Gasteiger partial charge in [0.15, 0.2) is 0 Å². The third-order valence-corrected chi connectivity index (χ3v) is 3.46. The van der Waals surface area contributed by atoms with Crippen molar-refractivity contribution in [2.75, 3.05) is 25.9 Å². The summed E-state index contributed by atoms with van der Waals surface area (Å²) in [5.74, 6) is 0.0397. The highest BCUT2D eigenvalue weighted by molar-refractivity contribution is 5.78. The lowest BCUT2D eigenvalue weighted by atomic mass is 10.1. The van der Waals surface area contributed by atoms with Crippen LogP contribution < -0.4 is 11.1 Å². The molecule has 0 aliphatic carbocycles. The molecule has 2 aromatic carbocycles. The van der Waals surface area contributed by atoms with Crippen molar-refractivity contribution >= 4 is 11.6 Å². The molecule has 0 bridgehead atoms. The third-order valence-electron chi connectivity index (χ3n) is 3.46. The molecule has 1 amide bonds. The average Bonchev–Trinajstić information content (AvgIpc) is 2.50. The summed E-state index contributed by atoms with van der Waals surface area (Å²) in [6.07, 6.45) is 0.392. The van der Waals surface area contributed by atoms with Crippen molar-refractivity contribution in [1.82, 2.24) is 10.2 Å². The fraction of sp³-hybridized carbons (Fsp3) is 0.278. The second kappa shape index (κ2) is 8.20. The molecule has 116 valence electrons. The van der Waals surface area contributed by atoms with Crippen molar-refractivity contribution in [2.45, 2.75) is 13.0 Å². The van der Waals surface area contributed by atoms with Crippen LogP contribution in [0.5, 0.6) is 0 Å². The largest absolute Gasteiger partial charge is 0.399 e. The number of nitrogen functional groups attached to an aromatic ring is 1. The second-order valence-corrected chi connectivity index (χ2v) is 5.49. The summed E-state index contributed by atoms with van der Waals surface area (Å²) >= 11 is 0. The Morgan fingerprint density at radius 2 is 1.73 bits per heavy atom. The van der Waals surface area contributed by atoms with Crippen LogP contribution in [0, 0.1) is 0 Å². The minimum Gasteiger partial charge on any atom is -0.399 e. The van der Waals surface area contributed by atoms with Gasteiger partial charge >= 0.3 is 0 Å². The number of anilines is 1. The van der Waals surface area contributed by atoms with E-state index in [2.05, 4.69) is 29.4 Å². The molecule has 3 N–H and O–H groups in total. The number of rotatable bonds is 7. The van der Waals surface area contributed by atoms with Crippen LogP contribution in [-0.2, 0) is 17.8 Å². The minimum absolute atomic E-state index is 0.0397. The molecule has 2 rings (SSSR count). The Labute approximate surface area is 131 Å². The second-order valence-electron chi connectivity index (χ2n) is 5.49. The highest BCUT2D eigenvalue weighted by Gasteiger charge is 2.04. The molecular weight excluding hydrogens is 274 g/mol. The van der Waals surface area contributed by atoms with Crippen molar-refractivity contribution in [3.8, 4) is 0 Å². The maximum atomic E-state index is 11.9. The normalized spacial score (nSPS) is 10.6. The Morgan fingerprint density at radius 1 is 1.05 bits per heavy atom. The van der Waals surface area contributed by atoms with Gasteiger partial charge in [0.25, 0.3) is 0 Å². The highest BCUT2D eigenvalue weighted by Crippen LogP contribution is 2.06. The van der Waals surface area contributed by atoms with Gasteiger partial charge in [-0.25, -0.2) is 0 Å². The number of hydrogen-bond donors (Lipinski definition) is 2. The first-order valence-corrected chi connectivity index (χ1v) is 7.47. The van der Waals surface area contributed by atoms with E-state index in [0.717, 1.165) is 18.7 Å². The maximum Gasteiger partial charge on any atom is 0.224 e. The van der Waals surface area contributed by atoms with Crippen LogP contribution in [-0.4, -0.2) is 30.9 Å². The van der Waals surface area contributed by atoms with Crippen molar-refractivity contribution in [1.29, 1.82) is 0 Å². The van der Waals surface area contributed by atoms with Crippen LogP contribution in [0.3, 0.4) is 0 Å². The Bertz CT molecular complexity index is 581. The molecule has 0 aromatic heterocycles. The van der Waals surface area contributed by atoms with Gasteiger partial charge in [-0.15, -0.1) is 0 Å². The van der Waals surface area contributed by atoms with E-state index in [-0.39, 0.29) is 5.91 Å².